The Balaban J connectivity index is 1.64. The van der Waals surface area contributed by atoms with Crippen LogP contribution in [-0.4, -0.2) is 13.1 Å². The molecule has 0 spiro atoms. The minimum atomic E-state index is -0.273. The molecule has 0 saturated carbocycles. The first kappa shape index (κ1) is 15.2. The van der Waals surface area contributed by atoms with Crippen molar-refractivity contribution in [3.05, 3.63) is 58.9 Å². The highest BCUT2D eigenvalue weighted by molar-refractivity contribution is 6.31. The average Bonchev–Trinajstić information content (AvgIpc) is 2.56. The second-order valence-corrected chi connectivity index (χ2v) is 6.06. The van der Waals surface area contributed by atoms with E-state index < -0.39 is 0 Å². The summed E-state index contributed by atoms with van der Waals surface area (Å²) < 4.78 is 13.7. The summed E-state index contributed by atoms with van der Waals surface area (Å²) in [6.07, 6.45) is 3.87. The van der Waals surface area contributed by atoms with Crippen molar-refractivity contribution in [1.82, 2.24) is 0 Å². The van der Waals surface area contributed by atoms with Crippen molar-refractivity contribution < 1.29 is 4.39 Å². The fourth-order valence-corrected chi connectivity index (χ4v) is 3.06. The summed E-state index contributed by atoms with van der Waals surface area (Å²) in [5.41, 5.74) is 2.73. The normalized spacial score (nSPS) is 14.9. The van der Waals surface area contributed by atoms with Gasteiger partial charge in [-0.05, 0) is 55.7 Å². The van der Waals surface area contributed by atoms with Crippen molar-refractivity contribution >= 4 is 23.0 Å². The Morgan fingerprint density at radius 3 is 2.41 bits per heavy atom. The molecule has 2 nitrogen and oxygen atoms in total. The summed E-state index contributed by atoms with van der Waals surface area (Å²) in [5.74, 6) is -0.273. The van der Waals surface area contributed by atoms with Crippen LogP contribution in [0, 0.1) is 5.82 Å². The zero-order chi connectivity index (χ0) is 15.4. The molecule has 4 heteroatoms. The number of rotatable bonds is 4. The van der Waals surface area contributed by atoms with Crippen LogP contribution in [0.3, 0.4) is 0 Å². The van der Waals surface area contributed by atoms with E-state index in [4.69, 9.17) is 11.6 Å². The molecule has 1 N–H and O–H groups in total. The summed E-state index contributed by atoms with van der Waals surface area (Å²) in [4.78, 5) is 2.42. The summed E-state index contributed by atoms with van der Waals surface area (Å²) >= 11 is 6.04. The van der Waals surface area contributed by atoms with Gasteiger partial charge in [0.25, 0.3) is 0 Å². The summed E-state index contributed by atoms with van der Waals surface area (Å²) in [6, 6.07) is 13.1. The Morgan fingerprint density at radius 2 is 1.73 bits per heavy atom. The van der Waals surface area contributed by atoms with Gasteiger partial charge >= 0.3 is 0 Å². The Hall–Kier alpha value is -1.74. The molecule has 1 aliphatic rings. The second kappa shape index (κ2) is 7.01. The van der Waals surface area contributed by atoms with Crippen molar-refractivity contribution in [3.63, 3.8) is 0 Å². The van der Waals surface area contributed by atoms with E-state index in [1.54, 1.807) is 12.1 Å². The maximum Gasteiger partial charge on any atom is 0.129 e. The van der Waals surface area contributed by atoms with Crippen LogP contribution in [0.1, 0.15) is 24.8 Å². The zero-order valence-electron chi connectivity index (χ0n) is 12.5. The van der Waals surface area contributed by atoms with E-state index in [-0.39, 0.29) is 5.82 Å². The standard InChI is InChI=1S/C18H20ClFN2/c19-17-5-4-6-18(20)16(17)13-21-14-7-9-15(10-8-14)22-11-2-1-3-12-22/h4-10,21H,1-3,11-13H2. The second-order valence-electron chi connectivity index (χ2n) is 5.65. The molecular weight excluding hydrogens is 299 g/mol. The summed E-state index contributed by atoms with van der Waals surface area (Å²) in [6.45, 7) is 2.66. The quantitative estimate of drug-likeness (QED) is 0.845. The number of nitrogens with zero attached hydrogens (tertiary/aromatic N) is 1. The summed E-state index contributed by atoms with van der Waals surface area (Å²) in [5, 5.41) is 3.69. The first-order valence-electron chi connectivity index (χ1n) is 7.76. The van der Waals surface area contributed by atoms with Crippen LogP contribution >= 0.6 is 11.6 Å². The number of piperidine rings is 1. The van der Waals surface area contributed by atoms with Crippen molar-refractivity contribution in [2.75, 3.05) is 23.3 Å². The third kappa shape index (κ3) is 3.53. The highest BCUT2D eigenvalue weighted by atomic mass is 35.5. The Kier molecular flexibility index (Phi) is 4.84. The molecule has 2 aromatic carbocycles. The molecule has 3 rings (SSSR count). The van der Waals surface area contributed by atoms with Crippen LogP contribution in [-0.2, 0) is 6.54 Å². The fourth-order valence-electron chi connectivity index (χ4n) is 2.83. The van der Waals surface area contributed by atoms with Gasteiger partial charge in [-0.25, -0.2) is 4.39 Å². The van der Waals surface area contributed by atoms with Gasteiger partial charge in [0, 0.05) is 41.6 Å². The monoisotopic (exact) mass is 318 g/mol. The molecule has 0 atom stereocenters. The van der Waals surface area contributed by atoms with Crippen LogP contribution < -0.4 is 10.2 Å². The molecule has 0 amide bonds. The zero-order valence-corrected chi connectivity index (χ0v) is 13.2. The predicted molar refractivity (Wildman–Crippen MR) is 91.2 cm³/mol. The van der Waals surface area contributed by atoms with Crippen LogP contribution in [0.25, 0.3) is 0 Å². The molecule has 0 unspecified atom stereocenters. The van der Waals surface area contributed by atoms with Gasteiger partial charge in [0.15, 0.2) is 0 Å². The lowest BCUT2D eigenvalue weighted by atomic mass is 10.1. The van der Waals surface area contributed by atoms with Crippen molar-refractivity contribution in [2.24, 2.45) is 0 Å². The number of hydrogen-bond acceptors (Lipinski definition) is 2. The third-order valence-electron chi connectivity index (χ3n) is 4.12. The lowest BCUT2D eigenvalue weighted by Crippen LogP contribution is -2.29. The number of benzene rings is 2. The lowest BCUT2D eigenvalue weighted by Gasteiger charge is -2.28. The van der Waals surface area contributed by atoms with E-state index in [9.17, 15) is 4.39 Å². The molecule has 1 saturated heterocycles. The van der Waals surface area contributed by atoms with Gasteiger partial charge in [0.1, 0.15) is 5.82 Å². The maximum atomic E-state index is 13.7. The lowest BCUT2D eigenvalue weighted by molar-refractivity contribution is 0.578. The first-order chi connectivity index (χ1) is 10.7. The smallest absolute Gasteiger partial charge is 0.129 e. The molecule has 0 aliphatic carbocycles. The minimum Gasteiger partial charge on any atom is -0.381 e. The van der Waals surface area contributed by atoms with E-state index in [2.05, 4.69) is 22.3 Å². The highest BCUT2D eigenvalue weighted by Gasteiger charge is 2.11. The number of halogens is 2. The van der Waals surface area contributed by atoms with Crippen LogP contribution in [0.15, 0.2) is 42.5 Å². The Morgan fingerprint density at radius 1 is 1.00 bits per heavy atom. The van der Waals surface area contributed by atoms with Gasteiger partial charge in [-0.1, -0.05) is 17.7 Å². The van der Waals surface area contributed by atoms with E-state index >= 15 is 0 Å². The fraction of sp³-hybridized carbons (Fsp3) is 0.333. The van der Waals surface area contributed by atoms with Gasteiger partial charge in [-0.2, -0.15) is 0 Å². The average molecular weight is 319 g/mol. The highest BCUT2D eigenvalue weighted by Crippen LogP contribution is 2.23. The van der Waals surface area contributed by atoms with Gasteiger partial charge in [0.2, 0.25) is 0 Å². The number of anilines is 2. The molecule has 1 heterocycles. The van der Waals surface area contributed by atoms with Gasteiger partial charge in [0.05, 0.1) is 0 Å². The molecule has 1 aliphatic heterocycles. The molecule has 0 radical (unpaired) electrons. The van der Waals surface area contributed by atoms with E-state index in [0.29, 0.717) is 17.1 Å². The molecule has 116 valence electrons. The molecular formula is C18H20ClFN2. The van der Waals surface area contributed by atoms with Crippen LogP contribution in [0.2, 0.25) is 5.02 Å². The number of nitrogens with one attached hydrogen (secondary N) is 1. The summed E-state index contributed by atoms with van der Waals surface area (Å²) in [7, 11) is 0. The van der Waals surface area contributed by atoms with Crippen molar-refractivity contribution in [2.45, 2.75) is 25.8 Å². The Labute approximate surface area is 135 Å². The van der Waals surface area contributed by atoms with Crippen molar-refractivity contribution in [1.29, 1.82) is 0 Å². The third-order valence-corrected chi connectivity index (χ3v) is 4.47. The molecule has 1 fully saturated rings. The first-order valence-corrected chi connectivity index (χ1v) is 8.13. The van der Waals surface area contributed by atoms with Gasteiger partial charge < -0.3 is 10.2 Å². The maximum absolute atomic E-state index is 13.7. The van der Waals surface area contributed by atoms with E-state index in [0.717, 1.165) is 18.8 Å². The van der Waals surface area contributed by atoms with E-state index in [1.807, 2.05) is 12.1 Å². The molecule has 0 aromatic heterocycles. The topological polar surface area (TPSA) is 15.3 Å². The Bertz CT molecular complexity index is 601. The van der Waals surface area contributed by atoms with Gasteiger partial charge in [-0.15, -0.1) is 0 Å². The molecule has 2 aromatic rings. The van der Waals surface area contributed by atoms with E-state index in [1.165, 1.54) is 31.0 Å². The molecule has 0 bridgehead atoms. The SMILES string of the molecule is Fc1cccc(Cl)c1CNc1ccc(N2CCCCC2)cc1. The number of hydrogen-bond donors (Lipinski definition) is 1. The van der Waals surface area contributed by atoms with Crippen molar-refractivity contribution in [3.8, 4) is 0 Å². The van der Waals surface area contributed by atoms with Crippen LogP contribution in [0.4, 0.5) is 15.8 Å². The van der Waals surface area contributed by atoms with Gasteiger partial charge in [-0.3, -0.25) is 0 Å². The minimum absolute atomic E-state index is 0.273. The predicted octanol–water partition coefficient (Wildman–Crippen LogP) is 5.08. The largest absolute Gasteiger partial charge is 0.381 e. The molecule has 22 heavy (non-hydrogen) atoms. The van der Waals surface area contributed by atoms with Crippen LogP contribution in [0.5, 0.6) is 0 Å².